The molecule has 1 aromatic heterocycles. The lowest BCUT2D eigenvalue weighted by Gasteiger charge is -2.06. The summed E-state index contributed by atoms with van der Waals surface area (Å²) in [5, 5.41) is 10.6. The number of esters is 1. The molecule has 0 unspecified atom stereocenters. The first kappa shape index (κ1) is 12.9. The summed E-state index contributed by atoms with van der Waals surface area (Å²) < 4.78 is 42.1. The Morgan fingerprint density at radius 1 is 1.59 bits per heavy atom. The van der Waals surface area contributed by atoms with E-state index in [-0.39, 0.29) is 0 Å². The molecule has 6 nitrogen and oxygen atoms in total. The van der Waals surface area contributed by atoms with Crippen molar-refractivity contribution in [1.29, 1.82) is 0 Å². The van der Waals surface area contributed by atoms with Crippen molar-refractivity contribution in [2.75, 3.05) is 7.11 Å². The number of hydrogen-bond donors (Lipinski definition) is 0. The van der Waals surface area contributed by atoms with Gasteiger partial charge in [0.05, 0.1) is 18.2 Å². The lowest BCUT2D eigenvalue weighted by Crippen LogP contribution is -2.12. The normalized spacial score (nSPS) is 10.4. The molecule has 1 heterocycles. The highest BCUT2D eigenvalue weighted by Crippen LogP contribution is 2.33. The molecule has 0 saturated heterocycles. The predicted octanol–water partition coefficient (Wildman–Crippen LogP) is 1.85. The SMILES string of the molecule is COC(=O)c1ncc(F)c(C(F)F)c1[N+](=O)[O-]. The van der Waals surface area contributed by atoms with Crippen LogP contribution in [0, 0.1) is 15.9 Å². The first-order valence-electron chi connectivity index (χ1n) is 4.09. The zero-order valence-corrected chi connectivity index (χ0v) is 8.32. The van der Waals surface area contributed by atoms with Crippen molar-refractivity contribution in [1.82, 2.24) is 4.98 Å². The van der Waals surface area contributed by atoms with Crippen LogP contribution in [-0.4, -0.2) is 23.0 Å². The fraction of sp³-hybridized carbons (Fsp3) is 0.250. The molecule has 0 aliphatic heterocycles. The second-order valence-electron chi connectivity index (χ2n) is 2.77. The molecule has 9 heteroatoms. The smallest absolute Gasteiger partial charge is 0.363 e. The van der Waals surface area contributed by atoms with Gasteiger partial charge in [-0.1, -0.05) is 0 Å². The predicted molar refractivity (Wildman–Crippen MR) is 47.1 cm³/mol. The highest BCUT2D eigenvalue weighted by Gasteiger charge is 2.34. The highest BCUT2D eigenvalue weighted by atomic mass is 19.3. The number of hydrogen-bond acceptors (Lipinski definition) is 5. The number of alkyl halides is 2. The van der Waals surface area contributed by atoms with E-state index in [0.29, 0.717) is 6.20 Å². The molecule has 0 spiro atoms. The number of carbonyl (C=O) groups is 1. The Labute approximate surface area is 92.2 Å². The zero-order chi connectivity index (χ0) is 13.2. The molecule has 0 radical (unpaired) electrons. The number of ether oxygens (including phenoxy) is 1. The second kappa shape index (κ2) is 4.76. The maximum Gasteiger partial charge on any atom is 0.363 e. The second-order valence-corrected chi connectivity index (χ2v) is 2.77. The third-order valence-corrected chi connectivity index (χ3v) is 1.82. The number of carbonyl (C=O) groups excluding carboxylic acids is 1. The maximum absolute atomic E-state index is 13.0. The standard InChI is InChI=1S/C8H5F3N2O4/c1-17-8(14)5-6(13(15)16)4(7(10)11)3(9)2-12-5/h2,7H,1H3. The van der Waals surface area contributed by atoms with Gasteiger partial charge in [-0.05, 0) is 0 Å². The molecule has 0 aliphatic carbocycles. The van der Waals surface area contributed by atoms with E-state index in [1.165, 1.54) is 0 Å². The van der Waals surface area contributed by atoms with Crippen LogP contribution in [0.25, 0.3) is 0 Å². The Bertz CT molecular complexity index is 478. The van der Waals surface area contributed by atoms with Gasteiger partial charge in [-0.25, -0.2) is 22.9 Å². The zero-order valence-electron chi connectivity index (χ0n) is 8.32. The van der Waals surface area contributed by atoms with Gasteiger partial charge < -0.3 is 4.74 Å². The number of rotatable bonds is 3. The molecule has 0 aromatic carbocycles. The van der Waals surface area contributed by atoms with Crippen molar-refractivity contribution < 1.29 is 27.6 Å². The highest BCUT2D eigenvalue weighted by molar-refractivity contribution is 5.92. The number of nitro groups is 1. The van der Waals surface area contributed by atoms with Gasteiger partial charge in [0.1, 0.15) is 5.56 Å². The molecule has 0 N–H and O–H groups in total. The van der Waals surface area contributed by atoms with Gasteiger partial charge in [-0.15, -0.1) is 0 Å². The van der Waals surface area contributed by atoms with Gasteiger partial charge in [0.2, 0.25) is 5.69 Å². The van der Waals surface area contributed by atoms with Crippen LogP contribution in [0.3, 0.4) is 0 Å². The molecule has 0 fully saturated rings. The summed E-state index contributed by atoms with van der Waals surface area (Å²) in [4.78, 5) is 23.4. The minimum Gasteiger partial charge on any atom is -0.464 e. The summed E-state index contributed by atoms with van der Waals surface area (Å²) in [5.41, 5.74) is -3.83. The number of halogens is 3. The summed E-state index contributed by atoms with van der Waals surface area (Å²) >= 11 is 0. The van der Waals surface area contributed by atoms with E-state index in [2.05, 4.69) is 9.72 Å². The van der Waals surface area contributed by atoms with Crippen molar-refractivity contribution in [2.45, 2.75) is 6.43 Å². The molecule has 0 saturated carbocycles. The first-order valence-corrected chi connectivity index (χ1v) is 4.09. The number of pyridine rings is 1. The van der Waals surface area contributed by atoms with Crippen LogP contribution in [0.1, 0.15) is 22.5 Å². The molecule has 92 valence electrons. The molecule has 0 aliphatic rings. The van der Waals surface area contributed by atoms with Crippen LogP contribution in [0.15, 0.2) is 6.20 Å². The molecule has 0 bridgehead atoms. The third-order valence-electron chi connectivity index (χ3n) is 1.82. The topological polar surface area (TPSA) is 82.3 Å². The van der Waals surface area contributed by atoms with Gasteiger partial charge >= 0.3 is 11.7 Å². The summed E-state index contributed by atoms with van der Waals surface area (Å²) in [6.45, 7) is 0. The average molecular weight is 250 g/mol. The van der Waals surface area contributed by atoms with Crippen molar-refractivity contribution in [3.63, 3.8) is 0 Å². The van der Waals surface area contributed by atoms with Crippen molar-refractivity contribution in [2.24, 2.45) is 0 Å². The van der Waals surface area contributed by atoms with Crippen LogP contribution >= 0.6 is 0 Å². The fourth-order valence-electron chi connectivity index (χ4n) is 1.13. The van der Waals surface area contributed by atoms with E-state index in [1.807, 2.05) is 0 Å². The number of aromatic nitrogens is 1. The van der Waals surface area contributed by atoms with E-state index in [1.54, 1.807) is 0 Å². The summed E-state index contributed by atoms with van der Waals surface area (Å²) in [5.74, 6) is -2.85. The molecule has 0 amide bonds. The Morgan fingerprint density at radius 2 is 2.18 bits per heavy atom. The van der Waals surface area contributed by atoms with Crippen LogP contribution in [0.2, 0.25) is 0 Å². The van der Waals surface area contributed by atoms with E-state index < -0.39 is 40.1 Å². The van der Waals surface area contributed by atoms with Gasteiger partial charge in [0.15, 0.2) is 5.82 Å². The number of methoxy groups -OCH3 is 1. The van der Waals surface area contributed by atoms with Crippen LogP contribution in [0.4, 0.5) is 18.9 Å². The lowest BCUT2D eigenvalue weighted by atomic mass is 10.1. The average Bonchev–Trinajstić information content (AvgIpc) is 2.26. The molecule has 1 aromatic rings. The first-order chi connectivity index (χ1) is 7.90. The van der Waals surface area contributed by atoms with Crippen LogP contribution < -0.4 is 0 Å². The molecule has 0 atom stereocenters. The molecule has 17 heavy (non-hydrogen) atoms. The minimum atomic E-state index is -3.44. The van der Waals surface area contributed by atoms with Gasteiger partial charge in [0, 0.05) is 0 Å². The van der Waals surface area contributed by atoms with Crippen molar-refractivity contribution in [3.8, 4) is 0 Å². The molecule has 1 rings (SSSR count). The minimum absolute atomic E-state index is 0.306. The van der Waals surface area contributed by atoms with Crippen molar-refractivity contribution in [3.05, 3.63) is 33.4 Å². The van der Waals surface area contributed by atoms with Gasteiger partial charge in [0.25, 0.3) is 6.43 Å². The fourth-order valence-corrected chi connectivity index (χ4v) is 1.13. The number of nitrogens with zero attached hydrogens (tertiary/aromatic N) is 2. The van der Waals surface area contributed by atoms with E-state index in [0.717, 1.165) is 7.11 Å². The summed E-state index contributed by atoms with van der Waals surface area (Å²) in [7, 11) is 0.888. The Hall–Kier alpha value is -2.19. The maximum atomic E-state index is 13.0. The van der Waals surface area contributed by atoms with E-state index in [9.17, 15) is 28.1 Å². The van der Waals surface area contributed by atoms with Crippen LogP contribution in [0.5, 0.6) is 0 Å². The van der Waals surface area contributed by atoms with E-state index >= 15 is 0 Å². The van der Waals surface area contributed by atoms with Crippen LogP contribution in [-0.2, 0) is 4.74 Å². The largest absolute Gasteiger partial charge is 0.464 e. The van der Waals surface area contributed by atoms with Gasteiger partial charge in [-0.2, -0.15) is 0 Å². The van der Waals surface area contributed by atoms with Gasteiger partial charge in [-0.3, -0.25) is 10.1 Å². The Kier molecular flexibility index (Phi) is 3.61. The third kappa shape index (κ3) is 2.32. The Balaban J connectivity index is 3.59. The summed E-state index contributed by atoms with van der Waals surface area (Å²) in [6, 6.07) is 0. The molecular formula is C8H5F3N2O4. The monoisotopic (exact) mass is 250 g/mol. The Morgan fingerprint density at radius 3 is 2.59 bits per heavy atom. The quantitative estimate of drug-likeness (QED) is 0.464. The van der Waals surface area contributed by atoms with E-state index in [4.69, 9.17) is 0 Å². The van der Waals surface area contributed by atoms with Crippen molar-refractivity contribution >= 4 is 11.7 Å². The molecular weight excluding hydrogens is 245 g/mol. The lowest BCUT2D eigenvalue weighted by molar-refractivity contribution is -0.387. The summed E-state index contributed by atoms with van der Waals surface area (Å²) in [6.07, 6.45) is -3.14.